The van der Waals surface area contributed by atoms with E-state index in [9.17, 15) is 18.5 Å². The number of aromatic nitrogens is 3. The van der Waals surface area contributed by atoms with Crippen LogP contribution in [0.3, 0.4) is 0 Å². The number of H-pyrrole nitrogens is 1. The number of pyridine rings is 1. The van der Waals surface area contributed by atoms with Crippen LogP contribution in [0.1, 0.15) is 5.69 Å². The molecular weight excluding hydrogens is 274 g/mol. The normalized spacial score (nSPS) is 11.2. The zero-order valence-electron chi connectivity index (χ0n) is 9.69. The molecule has 2 aromatic rings. The first kappa shape index (κ1) is 13.0. The Hall–Kier alpha value is -2.49. The highest BCUT2D eigenvalue weighted by molar-refractivity contribution is 7.92. The third kappa shape index (κ3) is 2.85. The van der Waals surface area contributed by atoms with Crippen LogP contribution in [0, 0.1) is 17.0 Å². The number of aromatic amines is 1. The summed E-state index contributed by atoms with van der Waals surface area (Å²) in [6, 6.07) is 3.63. The lowest BCUT2D eigenvalue weighted by Gasteiger charge is -2.03. The summed E-state index contributed by atoms with van der Waals surface area (Å²) < 4.78 is 26.1. The molecule has 2 heterocycles. The quantitative estimate of drug-likeness (QED) is 0.630. The van der Waals surface area contributed by atoms with Gasteiger partial charge in [-0.1, -0.05) is 0 Å². The highest BCUT2D eigenvalue weighted by atomic mass is 32.2. The van der Waals surface area contributed by atoms with E-state index in [2.05, 4.69) is 19.9 Å². The molecule has 0 spiro atoms. The number of sulfonamides is 1. The van der Waals surface area contributed by atoms with Crippen molar-refractivity contribution in [3.05, 3.63) is 40.2 Å². The number of hydrogen-bond donors (Lipinski definition) is 2. The molecule has 0 aliphatic carbocycles. The molecule has 0 saturated carbocycles. The molecule has 0 amide bonds. The van der Waals surface area contributed by atoms with Gasteiger partial charge in [0, 0.05) is 17.8 Å². The van der Waals surface area contributed by atoms with Gasteiger partial charge in [-0.25, -0.2) is 8.42 Å². The number of nitrogens with one attached hydrogen (secondary N) is 2. The maximum Gasteiger partial charge on any atom is 0.363 e. The average molecular weight is 283 g/mol. The van der Waals surface area contributed by atoms with Gasteiger partial charge in [-0.3, -0.25) is 9.82 Å². The van der Waals surface area contributed by atoms with Gasteiger partial charge in [-0.15, -0.1) is 0 Å². The molecule has 0 unspecified atom stereocenters. The predicted octanol–water partition coefficient (Wildman–Crippen LogP) is 0.822. The lowest BCUT2D eigenvalue weighted by atomic mass is 10.5. The zero-order chi connectivity index (χ0) is 14.0. The van der Waals surface area contributed by atoms with Crippen molar-refractivity contribution in [1.82, 2.24) is 15.2 Å². The van der Waals surface area contributed by atoms with Crippen molar-refractivity contribution in [2.24, 2.45) is 0 Å². The van der Waals surface area contributed by atoms with E-state index < -0.39 is 20.8 Å². The summed E-state index contributed by atoms with van der Waals surface area (Å²) in [6.07, 6.45) is 0.917. The largest absolute Gasteiger partial charge is 0.363 e. The Balaban J connectivity index is 2.26. The van der Waals surface area contributed by atoms with E-state index in [0.29, 0.717) is 5.69 Å². The minimum atomic E-state index is -3.86. The molecule has 100 valence electrons. The first-order valence-corrected chi connectivity index (χ1v) is 6.52. The van der Waals surface area contributed by atoms with Gasteiger partial charge >= 0.3 is 5.82 Å². The molecule has 0 aromatic carbocycles. The number of aryl methyl sites for hydroxylation is 1. The van der Waals surface area contributed by atoms with Crippen LogP contribution < -0.4 is 4.72 Å². The molecule has 0 bridgehead atoms. The van der Waals surface area contributed by atoms with E-state index in [1.54, 1.807) is 6.92 Å². The van der Waals surface area contributed by atoms with E-state index >= 15 is 0 Å². The van der Waals surface area contributed by atoms with Crippen molar-refractivity contribution in [1.29, 1.82) is 0 Å². The second-order valence-corrected chi connectivity index (χ2v) is 5.33. The topological polar surface area (TPSA) is 131 Å². The van der Waals surface area contributed by atoms with Gasteiger partial charge in [0.2, 0.25) is 0 Å². The molecule has 0 radical (unpaired) electrons. The monoisotopic (exact) mass is 283 g/mol. The second kappa shape index (κ2) is 4.65. The highest BCUT2D eigenvalue weighted by Crippen LogP contribution is 2.16. The predicted molar refractivity (Wildman–Crippen MR) is 65.0 cm³/mol. The fraction of sp³-hybridized carbons (Fsp3) is 0.111. The number of hydrogen-bond acceptors (Lipinski definition) is 6. The molecule has 0 aliphatic heterocycles. The van der Waals surface area contributed by atoms with Crippen molar-refractivity contribution in [3.8, 4) is 0 Å². The van der Waals surface area contributed by atoms with Crippen LogP contribution in [-0.2, 0) is 10.0 Å². The number of rotatable bonds is 4. The molecular formula is C9H9N5O4S. The van der Waals surface area contributed by atoms with Crippen molar-refractivity contribution in [2.75, 3.05) is 4.72 Å². The van der Waals surface area contributed by atoms with Crippen molar-refractivity contribution in [3.63, 3.8) is 0 Å². The Morgan fingerprint density at radius 1 is 1.42 bits per heavy atom. The molecule has 0 fully saturated rings. The minimum absolute atomic E-state index is 0.135. The van der Waals surface area contributed by atoms with Gasteiger partial charge < -0.3 is 10.1 Å². The number of nitro groups is 1. The Bertz CT molecular complexity index is 706. The average Bonchev–Trinajstić information content (AvgIpc) is 2.74. The third-order valence-electron chi connectivity index (χ3n) is 2.16. The Morgan fingerprint density at radius 2 is 2.16 bits per heavy atom. The maximum atomic E-state index is 11.9. The van der Waals surface area contributed by atoms with E-state index in [1.807, 2.05) is 0 Å². The Labute approximate surface area is 107 Å². The minimum Gasteiger partial charge on any atom is -0.358 e. The van der Waals surface area contributed by atoms with E-state index in [4.69, 9.17) is 0 Å². The van der Waals surface area contributed by atoms with Crippen LogP contribution in [0.2, 0.25) is 0 Å². The van der Waals surface area contributed by atoms with Gasteiger partial charge in [-0.2, -0.15) is 5.10 Å². The SMILES string of the molecule is Cc1cc(NS(=O)(=O)c2ccc([N+](=O)[O-])nc2)n[nH]1. The number of anilines is 1. The summed E-state index contributed by atoms with van der Waals surface area (Å²) in [7, 11) is -3.86. The molecule has 2 aromatic heterocycles. The second-order valence-electron chi connectivity index (χ2n) is 3.65. The molecule has 10 heteroatoms. The molecule has 0 atom stereocenters. The summed E-state index contributed by atoms with van der Waals surface area (Å²) >= 11 is 0. The molecule has 9 nitrogen and oxygen atoms in total. The lowest BCUT2D eigenvalue weighted by Crippen LogP contribution is -2.13. The molecule has 2 N–H and O–H groups in total. The van der Waals surface area contributed by atoms with E-state index in [0.717, 1.165) is 18.3 Å². The smallest absolute Gasteiger partial charge is 0.358 e. The fourth-order valence-corrected chi connectivity index (χ4v) is 2.24. The van der Waals surface area contributed by atoms with Crippen LogP contribution >= 0.6 is 0 Å². The van der Waals surface area contributed by atoms with Gasteiger partial charge in [0.05, 0.1) is 0 Å². The molecule has 0 saturated heterocycles. The first-order valence-electron chi connectivity index (χ1n) is 5.04. The molecule has 2 rings (SSSR count). The van der Waals surface area contributed by atoms with Crippen LogP contribution in [0.5, 0.6) is 0 Å². The molecule has 19 heavy (non-hydrogen) atoms. The first-order chi connectivity index (χ1) is 8.88. The maximum absolute atomic E-state index is 11.9. The van der Waals surface area contributed by atoms with E-state index in [1.165, 1.54) is 6.07 Å². The van der Waals surface area contributed by atoms with Crippen LogP contribution in [0.4, 0.5) is 11.6 Å². The van der Waals surface area contributed by atoms with Crippen LogP contribution in [-0.4, -0.2) is 28.5 Å². The zero-order valence-corrected chi connectivity index (χ0v) is 10.5. The van der Waals surface area contributed by atoms with Crippen LogP contribution in [0.25, 0.3) is 0 Å². The Morgan fingerprint density at radius 3 is 2.63 bits per heavy atom. The molecule has 0 aliphatic rings. The third-order valence-corrected chi connectivity index (χ3v) is 3.50. The summed E-state index contributed by atoms with van der Waals surface area (Å²) in [6.45, 7) is 1.72. The van der Waals surface area contributed by atoms with Gasteiger partial charge in [0.25, 0.3) is 10.0 Å². The van der Waals surface area contributed by atoms with Crippen molar-refractivity contribution in [2.45, 2.75) is 11.8 Å². The lowest BCUT2D eigenvalue weighted by molar-refractivity contribution is -0.389. The Kier molecular flexibility index (Phi) is 3.17. The van der Waals surface area contributed by atoms with Crippen LogP contribution in [0.15, 0.2) is 29.3 Å². The summed E-state index contributed by atoms with van der Waals surface area (Å²) in [4.78, 5) is 13.0. The van der Waals surface area contributed by atoms with Crippen molar-refractivity contribution >= 4 is 21.7 Å². The van der Waals surface area contributed by atoms with E-state index in [-0.39, 0.29) is 10.7 Å². The van der Waals surface area contributed by atoms with Gasteiger partial charge in [0.1, 0.15) is 4.90 Å². The summed E-state index contributed by atoms with van der Waals surface area (Å²) in [5.74, 6) is -0.287. The number of nitrogens with zero attached hydrogens (tertiary/aromatic N) is 3. The van der Waals surface area contributed by atoms with Gasteiger partial charge in [0.15, 0.2) is 12.0 Å². The standard InChI is InChI=1S/C9H9N5O4S/c1-6-4-8(12-11-6)13-19(17,18)7-2-3-9(10-5-7)14(15)16/h2-5H,1H3,(H2,11,12,13). The van der Waals surface area contributed by atoms with Crippen molar-refractivity contribution < 1.29 is 13.3 Å². The summed E-state index contributed by atoms with van der Waals surface area (Å²) in [5.41, 5.74) is 0.694. The highest BCUT2D eigenvalue weighted by Gasteiger charge is 2.19. The summed E-state index contributed by atoms with van der Waals surface area (Å²) in [5, 5.41) is 16.7. The van der Waals surface area contributed by atoms with Gasteiger partial charge in [-0.05, 0) is 22.9 Å². The fourth-order valence-electron chi connectivity index (χ4n) is 1.31.